The van der Waals surface area contributed by atoms with Crippen LogP contribution in [0, 0.1) is 17.8 Å². The lowest BCUT2D eigenvalue weighted by Crippen LogP contribution is -2.33. The van der Waals surface area contributed by atoms with E-state index < -0.39 is 0 Å². The molecular formula is C18H22O4. The van der Waals surface area contributed by atoms with Crippen LogP contribution in [0.2, 0.25) is 0 Å². The molecule has 1 aromatic carbocycles. The van der Waals surface area contributed by atoms with Gasteiger partial charge in [0.1, 0.15) is 6.29 Å². The van der Waals surface area contributed by atoms with Gasteiger partial charge in [0, 0.05) is 12.5 Å². The van der Waals surface area contributed by atoms with E-state index in [9.17, 15) is 9.59 Å². The highest BCUT2D eigenvalue weighted by atomic mass is 16.5. The second-order valence-electron chi connectivity index (χ2n) is 5.50. The molecule has 0 aliphatic heterocycles. The molecule has 2 rings (SSSR count). The van der Waals surface area contributed by atoms with Gasteiger partial charge in [0.15, 0.2) is 0 Å². The van der Waals surface area contributed by atoms with Crippen molar-refractivity contribution in [2.24, 2.45) is 17.8 Å². The molecule has 0 saturated carbocycles. The Morgan fingerprint density at radius 1 is 1.32 bits per heavy atom. The van der Waals surface area contributed by atoms with Gasteiger partial charge in [-0.05, 0) is 24.3 Å². The molecule has 118 valence electrons. The zero-order valence-corrected chi connectivity index (χ0v) is 12.8. The first-order valence-electron chi connectivity index (χ1n) is 7.57. The summed E-state index contributed by atoms with van der Waals surface area (Å²) >= 11 is 0. The Balaban J connectivity index is 1.83. The first-order chi connectivity index (χ1) is 10.8. The minimum atomic E-state index is -0.369. The lowest BCUT2D eigenvalue weighted by atomic mass is 9.75. The van der Waals surface area contributed by atoms with Crippen molar-refractivity contribution in [1.29, 1.82) is 0 Å². The van der Waals surface area contributed by atoms with Gasteiger partial charge in [-0.1, -0.05) is 42.5 Å². The Bertz CT molecular complexity index is 509. The topological polar surface area (TPSA) is 52.6 Å². The summed E-state index contributed by atoms with van der Waals surface area (Å²) in [6.45, 7) is 1.12. The molecule has 0 N–H and O–H groups in total. The van der Waals surface area contributed by atoms with Crippen molar-refractivity contribution in [3.05, 3.63) is 48.0 Å². The van der Waals surface area contributed by atoms with E-state index in [1.165, 1.54) is 7.11 Å². The summed E-state index contributed by atoms with van der Waals surface area (Å²) < 4.78 is 10.5. The van der Waals surface area contributed by atoms with Crippen LogP contribution in [-0.2, 0) is 25.7 Å². The summed E-state index contributed by atoms with van der Waals surface area (Å²) in [6, 6.07) is 9.96. The van der Waals surface area contributed by atoms with Gasteiger partial charge >= 0.3 is 5.97 Å². The second-order valence-corrected chi connectivity index (χ2v) is 5.50. The van der Waals surface area contributed by atoms with Crippen molar-refractivity contribution in [3.63, 3.8) is 0 Å². The molecule has 0 radical (unpaired) electrons. The minimum absolute atomic E-state index is 0.0334. The molecule has 0 amide bonds. The van der Waals surface area contributed by atoms with Crippen molar-refractivity contribution < 1.29 is 19.1 Å². The van der Waals surface area contributed by atoms with E-state index in [2.05, 4.69) is 0 Å². The maximum absolute atomic E-state index is 11.8. The quantitative estimate of drug-likeness (QED) is 0.336. The van der Waals surface area contributed by atoms with E-state index in [1.54, 1.807) is 0 Å². The van der Waals surface area contributed by atoms with Crippen LogP contribution in [0.3, 0.4) is 0 Å². The predicted molar refractivity (Wildman–Crippen MR) is 83.0 cm³/mol. The molecule has 0 saturated heterocycles. The van der Waals surface area contributed by atoms with E-state index in [4.69, 9.17) is 9.47 Å². The predicted octanol–water partition coefficient (Wildman–Crippen LogP) is 2.77. The Labute approximate surface area is 131 Å². The van der Waals surface area contributed by atoms with Crippen LogP contribution in [-0.4, -0.2) is 26.0 Å². The van der Waals surface area contributed by atoms with Crippen LogP contribution in [0.4, 0.5) is 0 Å². The van der Waals surface area contributed by atoms with Gasteiger partial charge in [-0.2, -0.15) is 0 Å². The minimum Gasteiger partial charge on any atom is -0.469 e. The fourth-order valence-electron chi connectivity index (χ4n) is 2.86. The lowest BCUT2D eigenvalue weighted by molar-refractivity contribution is -0.149. The molecule has 0 spiro atoms. The largest absolute Gasteiger partial charge is 0.469 e. The number of hydrogen-bond acceptors (Lipinski definition) is 4. The Hall–Kier alpha value is -1.94. The van der Waals surface area contributed by atoms with E-state index in [1.807, 2.05) is 42.5 Å². The van der Waals surface area contributed by atoms with Gasteiger partial charge in [0.25, 0.3) is 0 Å². The summed E-state index contributed by atoms with van der Waals surface area (Å²) in [7, 11) is 1.36. The molecule has 1 aromatic rings. The van der Waals surface area contributed by atoms with E-state index in [0.29, 0.717) is 19.6 Å². The van der Waals surface area contributed by atoms with Gasteiger partial charge in [-0.25, -0.2) is 0 Å². The van der Waals surface area contributed by atoms with Crippen molar-refractivity contribution in [2.45, 2.75) is 19.4 Å². The average Bonchev–Trinajstić information content (AvgIpc) is 2.58. The number of carbonyl (C=O) groups excluding carboxylic acids is 2. The molecular weight excluding hydrogens is 280 g/mol. The molecule has 0 fully saturated rings. The van der Waals surface area contributed by atoms with Crippen molar-refractivity contribution in [1.82, 2.24) is 0 Å². The monoisotopic (exact) mass is 302 g/mol. The number of hydrogen-bond donors (Lipinski definition) is 0. The number of aldehydes is 1. The van der Waals surface area contributed by atoms with Gasteiger partial charge in [-0.15, -0.1) is 0 Å². The van der Waals surface area contributed by atoms with Crippen LogP contribution in [0.1, 0.15) is 18.4 Å². The third-order valence-corrected chi connectivity index (χ3v) is 4.10. The van der Waals surface area contributed by atoms with Crippen molar-refractivity contribution >= 4 is 12.3 Å². The SMILES string of the molecule is COC(=O)[C@H]1CC=C[C@@H](CCOCc2ccccc2)[C@H]1C=O. The zero-order chi connectivity index (χ0) is 15.8. The summed E-state index contributed by atoms with van der Waals surface area (Å²) in [5.74, 6) is -0.966. The van der Waals surface area contributed by atoms with Crippen molar-refractivity contribution in [2.75, 3.05) is 13.7 Å². The van der Waals surface area contributed by atoms with E-state index in [-0.39, 0.29) is 23.7 Å². The number of methoxy groups -OCH3 is 1. The standard InChI is InChI=1S/C18H22O4/c1-21-18(20)16-9-5-8-15(17(16)12-19)10-11-22-13-14-6-3-2-4-7-14/h2-8,12,15-17H,9-11,13H2,1H3/t15-,16-,17+/m0/s1. The molecule has 0 heterocycles. The van der Waals surface area contributed by atoms with E-state index in [0.717, 1.165) is 18.3 Å². The van der Waals surface area contributed by atoms with Crippen LogP contribution in [0.15, 0.2) is 42.5 Å². The number of ether oxygens (including phenoxy) is 2. The normalized spacial score (nSPS) is 24.0. The lowest BCUT2D eigenvalue weighted by Gasteiger charge is -2.29. The maximum atomic E-state index is 11.8. The van der Waals surface area contributed by atoms with Crippen LogP contribution in [0.25, 0.3) is 0 Å². The van der Waals surface area contributed by atoms with Gasteiger partial charge in [-0.3, -0.25) is 4.79 Å². The molecule has 1 aliphatic rings. The molecule has 0 bridgehead atoms. The first kappa shape index (κ1) is 16.4. The van der Waals surface area contributed by atoms with Crippen LogP contribution < -0.4 is 0 Å². The summed E-state index contributed by atoms with van der Waals surface area (Å²) in [6.07, 6.45) is 6.15. The molecule has 3 atom stereocenters. The number of carbonyl (C=O) groups is 2. The molecule has 4 heteroatoms. The molecule has 22 heavy (non-hydrogen) atoms. The third-order valence-electron chi connectivity index (χ3n) is 4.10. The highest BCUT2D eigenvalue weighted by Crippen LogP contribution is 2.32. The molecule has 4 nitrogen and oxygen atoms in total. The Morgan fingerprint density at radius 2 is 2.09 bits per heavy atom. The summed E-state index contributed by atoms with van der Waals surface area (Å²) in [5, 5.41) is 0. The van der Waals surface area contributed by atoms with Crippen molar-refractivity contribution in [3.8, 4) is 0 Å². The van der Waals surface area contributed by atoms with Crippen LogP contribution in [0.5, 0.6) is 0 Å². The summed E-state index contributed by atoms with van der Waals surface area (Å²) in [5.41, 5.74) is 1.13. The fraction of sp³-hybridized carbons (Fsp3) is 0.444. The highest BCUT2D eigenvalue weighted by Gasteiger charge is 2.35. The van der Waals surface area contributed by atoms with Gasteiger partial charge in [0.2, 0.25) is 0 Å². The number of allylic oxidation sites excluding steroid dienone is 2. The van der Waals surface area contributed by atoms with Gasteiger partial charge in [0.05, 0.1) is 19.6 Å². The van der Waals surface area contributed by atoms with E-state index >= 15 is 0 Å². The molecule has 1 aliphatic carbocycles. The molecule has 0 unspecified atom stereocenters. The number of esters is 1. The second kappa shape index (κ2) is 8.49. The Morgan fingerprint density at radius 3 is 2.77 bits per heavy atom. The highest BCUT2D eigenvalue weighted by molar-refractivity contribution is 5.77. The Kier molecular flexibility index (Phi) is 6.34. The molecule has 0 aromatic heterocycles. The maximum Gasteiger partial charge on any atom is 0.309 e. The first-order valence-corrected chi connectivity index (χ1v) is 7.57. The zero-order valence-electron chi connectivity index (χ0n) is 12.8. The third kappa shape index (κ3) is 4.28. The van der Waals surface area contributed by atoms with Gasteiger partial charge < -0.3 is 14.3 Å². The fourth-order valence-corrected chi connectivity index (χ4v) is 2.86. The average molecular weight is 302 g/mol. The summed E-state index contributed by atoms with van der Waals surface area (Å²) in [4.78, 5) is 23.1. The number of rotatable bonds is 7. The smallest absolute Gasteiger partial charge is 0.309 e. The van der Waals surface area contributed by atoms with Crippen LogP contribution >= 0.6 is 0 Å². The number of benzene rings is 1.